The second-order valence-electron chi connectivity index (χ2n) is 8.99. The van der Waals surface area contributed by atoms with E-state index < -0.39 is 0 Å². The molecule has 5 nitrogen and oxygen atoms in total. The summed E-state index contributed by atoms with van der Waals surface area (Å²) in [6, 6.07) is 32.4. The van der Waals surface area contributed by atoms with E-state index in [0.29, 0.717) is 16.9 Å². The first kappa shape index (κ1) is 24.8. The van der Waals surface area contributed by atoms with Gasteiger partial charge in [0, 0.05) is 47.5 Å². The van der Waals surface area contributed by atoms with E-state index in [1.54, 1.807) is 30.6 Å². The number of methoxy groups -OCH3 is 1. The molecule has 0 fully saturated rings. The Labute approximate surface area is 221 Å². The third-order valence-corrected chi connectivity index (χ3v) is 6.30. The predicted molar refractivity (Wildman–Crippen MR) is 148 cm³/mol. The van der Waals surface area contributed by atoms with Gasteiger partial charge in [0.05, 0.1) is 18.5 Å². The molecule has 38 heavy (non-hydrogen) atoms. The van der Waals surface area contributed by atoms with Crippen LogP contribution in [0.15, 0.2) is 116 Å². The van der Waals surface area contributed by atoms with Crippen molar-refractivity contribution < 1.29 is 14.3 Å². The molecule has 0 bridgehead atoms. The maximum atomic E-state index is 13.1. The van der Waals surface area contributed by atoms with Crippen molar-refractivity contribution in [3.8, 4) is 28.3 Å². The summed E-state index contributed by atoms with van der Waals surface area (Å²) in [6.07, 6.45) is 3.79. The van der Waals surface area contributed by atoms with Gasteiger partial charge in [-0.15, -0.1) is 0 Å². The number of ether oxygens (including phenoxy) is 1. The summed E-state index contributed by atoms with van der Waals surface area (Å²) in [5.41, 5.74) is 6.20. The minimum Gasteiger partial charge on any atom is -0.497 e. The fraction of sp³-hybridized carbons (Fsp3) is 0.0909. The third kappa shape index (κ3) is 5.90. The number of carbonyl (C=O) groups is 2. The number of hydrogen-bond donors (Lipinski definition) is 0. The van der Waals surface area contributed by atoms with Crippen molar-refractivity contribution >= 4 is 11.6 Å². The molecular formula is C33H26N2O3. The number of benzene rings is 3. The highest BCUT2D eigenvalue weighted by Crippen LogP contribution is 2.22. The highest BCUT2D eigenvalue weighted by atomic mass is 16.5. The Hall–Kier alpha value is -4.90. The van der Waals surface area contributed by atoms with Gasteiger partial charge >= 0.3 is 0 Å². The largest absolute Gasteiger partial charge is 0.497 e. The molecule has 2 aromatic heterocycles. The highest BCUT2D eigenvalue weighted by molar-refractivity contribution is 6.03. The lowest BCUT2D eigenvalue weighted by molar-refractivity contribution is 0.0991. The molecule has 5 heteroatoms. The molecule has 0 radical (unpaired) electrons. The Bertz CT molecular complexity index is 1430. The number of Topliss-reactive ketones (excluding diaryl/α,β-unsaturated/α-hetero) is 2. The van der Waals surface area contributed by atoms with Crippen molar-refractivity contribution in [1.29, 1.82) is 0 Å². The minimum atomic E-state index is -0.110. The molecule has 0 aliphatic rings. The van der Waals surface area contributed by atoms with Crippen LogP contribution in [-0.2, 0) is 12.8 Å². The number of rotatable bonds is 9. The summed E-state index contributed by atoms with van der Waals surface area (Å²) in [6.45, 7) is 0. The Kier molecular flexibility index (Phi) is 7.46. The van der Waals surface area contributed by atoms with Gasteiger partial charge in [0.2, 0.25) is 0 Å². The summed E-state index contributed by atoms with van der Waals surface area (Å²) in [5.74, 6) is 0.247. The van der Waals surface area contributed by atoms with Crippen LogP contribution in [0.1, 0.15) is 31.8 Å². The number of pyridine rings is 2. The van der Waals surface area contributed by atoms with Gasteiger partial charge < -0.3 is 4.74 Å². The molecule has 0 saturated carbocycles. The van der Waals surface area contributed by atoms with Gasteiger partial charge in [-0.05, 0) is 41.5 Å². The summed E-state index contributed by atoms with van der Waals surface area (Å²) in [5, 5.41) is 0. The quantitative estimate of drug-likeness (QED) is 0.212. The lowest BCUT2D eigenvalue weighted by Gasteiger charge is -2.09. The molecule has 0 unspecified atom stereocenters. The van der Waals surface area contributed by atoms with Gasteiger partial charge in [0.1, 0.15) is 5.75 Å². The van der Waals surface area contributed by atoms with Gasteiger partial charge in [-0.25, -0.2) is 0 Å². The van der Waals surface area contributed by atoms with Crippen LogP contribution >= 0.6 is 0 Å². The normalized spacial score (nSPS) is 10.7. The molecule has 0 N–H and O–H groups in total. The van der Waals surface area contributed by atoms with Crippen LogP contribution in [0.25, 0.3) is 22.5 Å². The molecule has 0 aliphatic heterocycles. The van der Waals surface area contributed by atoms with E-state index in [1.165, 1.54) is 7.11 Å². The summed E-state index contributed by atoms with van der Waals surface area (Å²) < 4.78 is 5.40. The zero-order valence-corrected chi connectivity index (χ0v) is 21.0. The zero-order valence-electron chi connectivity index (χ0n) is 21.0. The van der Waals surface area contributed by atoms with Crippen LogP contribution < -0.4 is 4.74 Å². The van der Waals surface area contributed by atoms with E-state index in [1.807, 2.05) is 84.9 Å². The van der Waals surface area contributed by atoms with Crippen LogP contribution in [0.2, 0.25) is 0 Å². The van der Waals surface area contributed by atoms with Crippen molar-refractivity contribution in [1.82, 2.24) is 9.97 Å². The number of nitrogens with zero attached hydrogens (tertiary/aromatic N) is 2. The monoisotopic (exact) mass is 498 g/mol. The van der Waals surface area contributed by atoms with Crippen LogP contribution in [0, 0.1) is 0 Å². The lowest BCUT2D eigenvalue weighted by Crippen LogP contribution is -2.09. The molecule has 0 atom stereocenters. The van der Waals surface area contributed by atoms with Gasteiger partial charge in [-0.3, -0.25) is 19.6 Å². The molecule has 0 spiro atoms. The number of hydrogen-bond acceptors (Lipinski definition) is 5. The molecule has 2 heterocycles. The summed E-state index contributed by atoms with van der Waals surface area (Å²) in [4.78, 5) is 35.3. The molecule has 5 rings (SSSR count). The molecular weight excluding hydrogens is 472 g/mol. The smallest absolute Gasteiger partial charge is 0.167 e. The first-order chi connectivity index (χ1) is 18.6. The van der Waals surface area contributed by atoms with E-state index in [2.05, 4.69) is 9.97 Å². The highest BCUT2D eigenvalue weighted by Gasteiger charge is 2.15. The summed E-state index contributed by atoms with van der Waals surface area (Å²) >= 11 is 0. The van der Waals surface area contributed by atoms with E-state index in [-0.39, 0.29) is 24.4 Å². The second-order valence-corrected chi connectivity index (χ2v) is 8.99. The van der Waals surface area contributed by atoms with Crippen molar-refractivity contribution in [3.63, 3.8) is 0 Å². The molecule has 5 aromatic rings. The fourth-order valence-corrected chi connectivity index (χ4v) is 4.23. The van der Waals surface area contributed by atoms with Gasteiger partial charge in [0.15, 0.2) is 11.6 Å². The first-order valence-electron chi connectivity index (χ1n) is 12.4. The van der Waals surface area contributed by atoms with Crippen molar-refractivity contribution in [2.45, 2.75) is 12.8 Å². The topological polar surface area (TPSA) is 69.2 Å². The molecule has 186 valence electrons. The maximum Gasteiger partial charge on any atom is 0.167 e. The number of aromatic nitrogens is 2. The fourth-order valence-electron chi connectivity index (χ4n) is 4.23. The number of carbonyl (C=O) groups excluding carboxylic acids is 2. The molecule has 0 saturated heterocycles. The number of ketones is 2. The van der Waals surface area contributed by atoms with Crippen molar-refractivity contribution in [2.24, 2.45) is 0 Å². The maximum absolute atomic E-state index is 13.1. The van der Waals surface area contributed by atoms with E-state index in [0.717, 1.165) is 33.6 Å². The van der Waals surface area contributed by atoms with Gasteiger partial charge in [-0.2, -0.15) is 0 Å². The first-order valence-corrected chi connectivity index (χ1v) is 12.4. The van der Waals surface area contributed by atoms with Gasteiger partial charge in [0.25, 0.3) is 0 Å². The Morgan fingerprint density at radius 3 is 1.42 bits per heavy atom. The Morgan fingerprint density at radius 2 is 1.05 bits per heavy atom. The van der Waals surface area contributed by atoms with Crippen LogP contribution in [0.3, 0.4) is 0 Å². The van der Waals surface area contributed by atoms with Gasteiger partial charge in [-0.1, -0.05) is 72.8 Å². The van der Waals surface area contributed by atoms with Crippen LogP contribution in [0.4, 0.5) is 0 Å². The minimum absolute atomic E-state index is 0.110. The van der Waals surface area contributed by atoms with Crippen molar-refractivity contribution in [2.75, 3.05) is 7.11 Å². The van der Waals surface area contributed by atoms with Crippen LogP contribution in [0.5, 0.6) is 5.75 Å². The van der Waals surface area contributed by atoms with Crippen molar-refractivity contribution in [3.05, 3.63) is 138 Å². The molecule has 0 amide bonds. The molecule has 3 aromatic carbocycles. The second kappa shape index (κ2) is 11.4. The Morgan fingerprint density at radius 1 is 0.605 bits per heavy atom. The van der Waals surface area contributed by atoms with E-state index in [4.69, 9.17) is 4.74 Å². The average molecular weight is 499 g/mol. The molecule has 0 aliphatic carbocycles. The average Bonchev–Trinajstić information content (AvgIpc) is 2.98. The standard InChI is InChI=1S/C33H26N2O3/c1-38-29-19-27(32(36)16-23-12-14-30(34-21-23)25-8-4-2-5-9-25)18-28(20-29)33(37)17-24-13-15-31(35-22-24)26-10-6-3-7-11-26/h2-15,18-22H,16-17H2,1H3. The lowest BCUT2D eigenvalue weighted by atomic mass is 9.97. The Balaban J connectivity index is 1.29. The van der Waals surface area contributed by atoms with Crippen LogP contribution in [-0.4, -0.2) is 28.6 Å². The third-order valence-electron chi connectivity index (χ3n) is 6.30. The SMILES string of the molecule is COc1cc(C(=O)Cc2ccc(-c3ccccc3)nc2)cc(C(=O)Cc2ccc(-c3ccccc3)nc2)c1. The summed E-state index contributed by atoms with van der Waals surface area (Å²) in [7, 11) is 1.52. The van der Waals surface area contributed by atoms with E-state index in [9.17, 15) is 9.59 Å². The zero-order chi connectivity index (χ0) is 26.3. The predicted octanol–water partition coefficient (Wildman–Crippen LogP) is 6.67. The van der Waals surface area contributed by atoms with E-state index >= 15 is 0 Å².